The molecule has 1 atom stereocenters. The monoisotopic (exact) mass is 390 g/mol. The van der Waals surface area contributed by atoms with E-state index in [1.807, 2.05) is 12.3 Å². The summed E-state index contributed by atoms with van der Waals surface area (Å²) in [6.45, 7) is 2.02. The number of amides is 1. The lowest BCUT2D eigenvalue weighted by Gasteiger charge is -2.34. The Kier molecular flexibility index (Phi) is 4.79. The molecule has 3 heterocycles. The molecule has 0 saturated carbocycles. The topological polar surface area (TPSA) is 85.9 Å². The number of carbonyl (C=O) groups is 1. The van der Waals surface area contributed by atoms with Crippen molar-refractivity contribution in [3.8, 4) is 0 Å². The summed E-state index contributed by atoms with van der Waals surface area (Å²) in [5.41, 5.74) is 4.75. The number of rotatable bonds is 5. The molecule has 5 rings (SSSR count). The number of H-pyrrole nitrogens is 1. The van der Waals surface area contributed by atoms with Crippen molar-refractivity contribution in [2.45, 2.75) is 38.1 Å². The molecule has 1 fully saturated rings. The fraction of sp³-hybridized carbons (Fsp3) is 0.409. The van der Waals surface area contributed by atoms with Gasteiger partial charge in [-0.3, -0.25) is 4.79 Å². The normalized spacial score (nSPS) is 18.6. The maximum atomic E-state index is 12.6. The number of nitrogens with zero attached hydrogens (tertiary/aromatic N) is 3. The molecule has 3 aromatic rings. The maximum Gasteiger partial charge on any atom is 0.239 e. The summed E-state index contributed by atoms with van der Waals surface area (Å²) in [6.07, 6.45) is 8.95. The zero-order valence-electron chi connectivity index (χ0n) is 16.4. The molecular weight excluding hydrogens is 364 g/mol. The van der Waals surface area contributed by atoms with Crippen molar-refractivity contribution in [2.24, 2.45) is 0 Å². The van der Waals surface area contributed by atoms with Crippen LogP contribution in [0, 0.1) is 0 Å². The second-order valence-corrected chi connectivity index (χ2v) is 7.94. The van der Waals surface area contributed by atoms with Gasteiger partial charge in [0.1, 0.15) is 17.8 Å². The molecule has 3 N–H and O–H groups in total. The summed E-state index contributed by atoms with van der Waals surface area (Å²) < 4.78 is 0. The first-order chi connectivity index (χ1) is 14.3. The minimum atomic E-state index is 0.0435. The second-order valence-electron chi connectivity index (χ2n) is 7.94. The van der Waals surface area contributed by atoms with Gasteiger partial charge in [-0.05, 0) is 55.4 Å². The number of anilines is 2. The van der Waals surface area contributed by atoms with Gasteiger partial charge in [0, 0.05) is 31.0 Å². The van der Waals surface area contributed by atoms with Gasteiger partial charge in [-0.2, -0.15) is 0 Å². The van der Waals surface area contributed by atoms with E-state index in [2.05, 4.69) is 48.7 Å². The number of hydrogen-bond acceptors (Lipinski definition) is 5. The van der Waals surface area contributed by atoms with Crippen LogP contribution in [-0.4, -0.2) is 46.5 Å². The molecule has 29 heavy (non-hydrogen) atoms. The Morgan fingerprint density at radius 1 is 1.21 bits per heavy atom. The minimum absolute atomic E-state index is 0.0435. The average Bonchev–Trinajstić information content (AvgIpc) is 3.41. The number of aryl methyl sites for hydroxylation is 1. The third-order valence-electron chi connectivity index (χ3n) is 6.00. The summed E-state index contributed by atoms with van der Waals surface area (Å²) in [7, 11) is 0. The highest BCUT2D eigenvalue weighted by Gasteiger charge is 2.24. The first-order valence-corrected chi connectivity index (χ1v) is 10.4. The number of benzene rings is 1. The van der Waals surface area contributed by atoms with Crippen LogP contribution in [0.5, 0.6) is 0 Å². The zero-order valence-corrected chi connectivity index (χ0v) is 16.4. The predicted octanol–water partition coefficient (Wildman–Crippen LogP) is 2.64. The van der Waals surface area contributed by atoms with Gasteiger partial charge < -0.3 is 20.5 Å². The number of nitrogens with one attached hydrogen (secondary N) is 3. The Labute approximate surface area is 169 Å². The molecule has 0 radical (unpaired) electrons. The van der Waals surface area contributed by atoms with Crippen molar-refractivity contribution in [1.29, 1.82) is 0 Å². The van der Waals surface area contributed by atoms with Crippen LogP contribution < -0.4 is 15.5 Å². The SMILES string of the molecule is O=C(CNc1cccc2c1CCC2)NC1CCCN(c2ncnc3[nH]ccc23)C1. The highest BCUT2D eigenvalue weighted by Crippen LogP contribution is 2.28. The molecule has 150 valence electrons. The Balaban J connectivity index is 1.20. The van der Waals surface area contributed by atoms with E-state index in [4.69, 9.17) is 0 Å². The van der Waals surface area contributed by atoms with Crippen LogP contribution in [-0.2, 0) is 17.6 Å². The van der Waals surface area contributed by atoms with E-state index < -0.39 is 0 Å². The molecule has 1 unspecified atom stereocenters. The Morgan fingerprint density at radius 2 is 2.17 bits per heavy atom. The number of piperidine rings is 1. The van der Waals surface area contributed by atoms with Gasteiger partial charge in [0.25, 0.3) is 0 Å². The summed E-state index contributed by atoms with van der Waals surface area (Å²) in [6, 6.07) is 8.49. The largest absolute Gasteiger partial charge is 0.376 e. The number of aromatic amines is 1. The number of carbonyl (C=O) groups excluding carboxylic acids is 1. The van der Waals surface area contributed by atoms with E-state index in [1.165, 1.54) is 17.5 Å². The second kappa shape index (κ2) is 7.73. The first-order valence-electron chi connectivity index (χ1n) is 10.4. The van der Waals surface area contributed by atoms with Gasteiger partial charge in [-0.1, -0.05) is 12.1 Å². The van der Waals surface area contributed by atoms with E-state index in [9.17, 15) is 4.79 Å². The first kappa shape index (κ1) is 18.0. The van der Waals surface area contributed by atoms with Crippen molar-refractivity contribution in [3.63, 3.8) is 0 Å². The van der Waals surface area contributed by atoms with Crippen molar-refractivity contribution in [3.05, 3.63) is 47.9 Å². The van der Waals surface area contributed by atoms with Crippen molar-refractivity contribution >= 4 is 28.4 Å². The summed E-state index contributed by atoms with van der Waals surface area (Å²) in [5.74, 6) is 0.982. The summed E-state index contributed by atoms with van der Waals surface area (Å²) >= 11 is 0. The quantitative estimate of drug-likeness (QED) is 0.624. The predicted molar refractivity (Wildman–Crippen MR) is 114 cm³/mol. The standard InChI is InChI=1S/C22H26N6O/c29-20(12-24-19-8-2-5-15-4-1-7-17(15)19)27-16-6-3-11-28(13-16)22-18-9-10-23-21(18)25-14-26-22/h2,5,8-10,14,16,24H,1,3-4,6-7,11-13H2,(H,27,29)(H,23,25,26). The summed E-state index contributed by atoms with van der Waals surface area (Å²) in [4.78, 5) is 26.7. The van der Waals surface area contributed by atoms with Crippen molar-refractivity contribution < 1.29 is 4.79 Å². The van der Waals surface area contributed by atoms with E-state index in [0.29, 0.717) is 6.54 Å². The third kappa shape index (κ3) is 3.64. The van der Waals surface area contributed by atoms with Crippen LogP contribution in [0.1, 0.15) is 30.4 Å². The summed E-state index contributed by atoms with van der Waals surface area (Å²) in [5, 5.41) is 7.58. The molecule has 0 bridgehead atoms. The molecule has 2 aromatic heterocycles. The zero-order chi connectivity index (χ0) is 19.6. The van der Waals surface area contributed by atoms with Gasteiger partial charge >= 0.3 is 0 Å². The smallest absolute Gasteiger partial charge is 0.239 e. The van der Waals surface area contributed by atoms with Crippen molar-refractivity contribution in [1.82, 2.24) is 20.3 Å². The van der Waals surface area contributed by atoms with Gasteiger partial charge in [0.05, 0.1) is 11.9 Å². The van der Waals surface area contributed by atoms with E-state index in [1.54, 1.807) is 6.33 Å². The van der Waals surface area contributed by atoms with Crippen LogP contribution >= 0.6 is 0 Å². The lowest BCUT2D eigenvalue weighted by molar-refractivity contribution is -0.120. The number of hydrogen-bond donors (Lipinski definition) is 3. The van der Waals surface area contributed by atoms with Gasteiger partial charge in [-0.15, -0.1) is 0 Å². The maximum absolute atomic E-state index is 12.6. The van der Waals surface area contributed by atoms with Crippen LogP contribution in [0.3, 0.4) is 0 Å². The number of aromatic nitrogens is 3. The molecule has 7 heteroatoms. The van der Waals surface area contributed by atoms with E-state index in [0.717, 1.165) is 61.3 Å². The molecular formula is C22H26N6O. The van der Waals surface area contributed by atoms with Gasteiger partial charge in [0.15, 0.2) is 0 Å². The minimum Gasteiger partial charge on any atom is -0.376 e. The van der Waals surface area contributed by atoms with Crippen LogP contribution in [0.4, 0.5) is 11.5 Å². The van der Waals surface area contributed by atoms with Gasteiger partial charge in [0.2, 0.25) is 5.91 Å². The Hall–Kier alpha value is -3.09. The molecule has 0 spiro atoms. The molecule has 2 aliphatic rings. The lowest BCUT2D eigenvalue weighted by atomic mass is 10.1. The molecule has 1 aliphatic carbocycles. The Morgan fingerprint density at radius 3 is 3.14 bits per heavy atom. The van der Waals surface area contributed by atoms with E-state index in [-0.39, 0.29) is 11.9 Å². The van der Waals surface area contributed by atoms with E-state index >= 15 is 0 Å². The molecule has 7 nitrogen and oxygen atoms in total. The number of fused-ring (bicyclic) bond motifs is 2. The lowest BCUT2D eigenvalue weighted by Crippen LogP contribution is -2.49. The fourth-order valence-corrected chi connectivity index (χ4v) is 4.64. The fourth-order valence-electron chi connectivity index (χ4n) is 4.64. The van der Waals surface area contributed by atoms with Gasteiger partial charge in [-0.25, -0.2) is 9.97 Å². The Bertz CT molecular complexity index is 1030. The average molecular weight is 390 g/mol. The molecule has 1 saturated heterocycles. The molecule has 1 amide bonds. The highest BCUT2D eigenvalue weighted by molar-refractivity contribution is 5.87. The van der Waals surface area contributed by atoms with Crippen LogP contribution in [0.15, 0.2) is 36.8 Å². The molecule has 1 aliphatic heterocycles. The highest BCUT2D eigenvalue weighted by atomic mass is 16.2. The van der Waals surface area contributed by atoms with Crippen molar-refractivity contribution in [2.75, 3.05) is 29.9 Å². The van der Waals surface area contributed by atoms with Crippen LogP contribution in [0.25, 0.3) is 11.0 Å². The van der Waals surface area contributed by atoms with Crippen LogP contribution in [0.2, 0.25) is 0 Å². The third-order valence-corrected chi connectivity index (χ3v) is 6.00. The molecule has 1 aromatic carbocycles.